The lowest BCUT2D eigenvalue weighted by molar-refractivity contribution is 1.45. The monoisotopic (exact) mass is 244 g/mol. The Hall–Kier alpha value is -0.310. The second-order valence-corrected chi connectivity index (χ2v) is 2.84. The minimum absolute atomic E-state index is 1.08. The van der Waals surface area contributed by atoms with Crippen LogP contribution in [0.4, 0.5) is 0 Å². The van der Waals surface area contributed by atoms with E-state index in [1.54, 1.807) is 0 Å². The van der Waals surface area contributed by atoms with Crippen LogP contribution in [0.5, 0.6) is 0 Å². The van der Waals surface area contributed by atoms with Crippen LogP contribution in [0.3, 0.4) is 0 Å². The Balaban J connectivity index is 2.90. The standard InChI is InChI=1S/C9H9I/c1-2-8-3-5-9(7-10)6-4-8/h2-6H,1,7H2. The molecule has 0 unspecified atom stereocenters. The summed E-state index contributed by atoms with van der Waals surface area (Å²) >= 11 is 2.35. The zero-order valence-electron chi connectivity index (χ0n) is 5.68. The van der Waals surface area contributed by atoms with Crippen LogP contribution >= 0.6 is 22.6 Å². The Labute approximate surface area is 75.1 Å². The molecule has 0 saturated heterocycles. The molecule has 0 nitrogen and oxygen atoms in total. The van der Waals surface area contributed by atoms with Gasteiger partial charge in [-0.1, -0.05) is 59.5 Å². The van der Waals surface area contributed by atoms with E-state index < -0.39 is 0 Å². The maximum Gasteiger partial charge on any atom is 0.0247 e. The van der Waals surface area contributed by atoms with E-state index in [9.17, 15) is 0 Å². The van der Waals surface area contributed by atoms with Crippen molar-refractivity contribution in [3.05, 3.63) is 42.0 Å². The SMILES string of the molecule is C=Cc1ccc(CI)cc1. The molecule has 1 aromatic carbocycles. The summed E-state index contributed by atoms with van der Waals surface area (Å²) in [4.78, 5) is 0. The minimum Gasteiger partial charge on any atom is -0.0985 e. The van der Waals surface area contributed by atoms with Crippen molar-refractivity contribution >= 4 is 28.7 Å². The summed E-state index contributed by atoms with van der Waals surface area (Å²) in [5.74, 6) is 0. The Morgan fingerprint density at radius 2 is 1.90 bits per heavy atom. The van der Waals surface area contributed by atoms with E-state index >= 15 is 0 Å². The average molecular weight is 244 g/mol. The number of alkyl halides is 1. The lowest BCUT2D eigenvalue weighted by Crippen LogP contribution is -1.75. The molecule has 0 aromatic heterocycles. The van der Waals surface area contributed by atoms with Crippen LogP contribution in [0.2, 0.25) is 0 Å². The fraction of sp³-hybridized carbons (Fsp3) is 0.111. The van der Waals surface area contributed by atoms with Crippen molar-refractivity contribution in [2.24, 2.45) is 0 Å². The van der Waals surface area contributed by atoms with Crippen LogP contribution in [0.25, 0.3) is 6.08 Å². The summed E-state index contributed by atoms with van der Waals surface area (Å²) < 4.78 is 1.08. The van der Waals surface area contributed by atoms with Gasteiger partial charge in [-0.05, 0) is 11.1 Å². The molecule has 0 bridgehead atoms. The maximum atomic E-state index is 3.68. The molecule has 52 valence electrons. The van der Waals surface area contributed by atoms with Crippen LogP contribution in [0, 0.1) is 0 Å². The third-order valence-electron chi connectivity index (χ3n) is 1.37. The predicted octanol–water partition coefficient (Wildman–Crippen LogP) is 3.26. The van der Waals surface area contributed by atoms with Gasteiger partial charge in [0.25, 0.3) is 0 Å². The minimum atomic E-state index is 1.08. The summed E-state index contributed by atoms with van der Waals surface area (Å²) in [7, 11) is 0. The highest BCUT2D eigenvalue weighted by atomic mass is 127. The molecule has 0 aliphatic rings. The summed E-state index contributed by atoms with van der Waals surface area (Å²) in [6, 6.07) is 8.43. The fourth-order valence-electron chi connectivity index (χ4n) is 0.743. The second kappa shape index (κ2) is 3.76. The third kappa shape index (κ3) is 1.84. The largest absolute Gasteiger partial charge is 0.0985 e. The van der Waals surface area contributed by atoms with Gasteiger partial charge in [0, 0.05) is 4.43 Å². The van der Waals surface area contributed by atoms with Crippen LogP contribution in [-0.4, -0.2) is 0 Å². The smallest absolute Gasteiger partial charge is 0.0247 e. The molecule has 0 saturated carbocycles. The number of hydrogen-bond donors (Lipinski definition) is 0. The first-order chi connectivity index (χ1) is 4.86. The molecule has 10 heavy (non-hydrogen) atoms. The average Bonchev–Trinajstić information content (AvgIpc) is 2.05. The molecule has 0 fully saturated rings. The summed E-state index contributed by atoms with van der Waals surface area (Å²) in [5.41, 5.74) is 2.56. The Kier molecular flexibility index (Phi) is 2.93. The molecule has 0 amide bonds. The van der Waals surface area contributed by atoms with Crippen molar-refractivity contribution in [3.63, 3.8) is 0 Å². The Bertz CT molecular complexity index is 211. The highest BCUT2D eigenvalue weighted by Crippen LogP contribution is 2.08. The molecule has 1 aromatic rings. The maximum absolute atomic E-state index is 3.68. The van der Waals surface area contributed by atoms with Crippen molar-refractivity contribution < 1.29 is 0 Å². The van der Waals surface area contributed by atoms with Gasteiger partial charge in [0.15, 0.2) is 0 Å². The summed E-state index contributed by atoms with van der Waals surface area (Å²) in [5, 5.41) is 0. The van der Waals surface area contributed by atoms with Crippen LogP contribution in [0.1, 0.15) is 11.1 Å². The number of halogens is 1. The first-order valence-electron chi connectivity index (χ1n) is 3.14. The summed E-state index contributed by atoms with van der Waals surface area (Å²) in [6.45, 7) is 3.68. The van der Waals surface area contributed by atoms with Gasteiger partial charge in [-0.25, -0.2) is 0 Å². The van der Waals surface area contributed by atoms with E-state index in [-0.39, 0.29) is 0 Å². The van der Waals surface area contributed by atoms with Crippen LogP contribution < -0.4 is 0 Å². The quantitative estimate of drug-likeness (QED) is 0.553. The van der Waals surface area contributed by atoms with Gasteiger partial charge in [-0.2, -0.15) is 0 Å². The zero-order valence-corrected chi connectivity index (χ0v) is 7.84. The van der Waals surface area contributed by atoms with E-state index in [1.807, 2.05) is 6.08 Å². The number of rotatable bonds is 2. The first-order valence-corrected chi connectivity index (χ1v) is 4.66. The van der Waals surface area contributed by atoms with E-state index in [2.05, 4.69) is 53.4 Å². The molecule has 0 heterocycles. The predicted molar refractivity (Wildman–Crippen MR) is 54.3 cm³/mol. The van der Waals surface area contributed by atoms with E-state index in [4.69, 9.17) is 0 Å². The van der Waals surface area contributed by atoms with Gasteiger partial charge < -0.3 is 0 Å². The van der Waals surface area contributed by atoms with Gasteiger partial charge in [0.2, 0.25) is 0 Å². The number of benzene rings is 1. The van der Waals surface area contributed by atoms with Crippen molar-refractivity contribution in [2.75, 3.05) is 0 Å². The van der Waals surface area contributed by atoms with Crippen LogP contribution in [-0.2, 0) is 4.43 Å². The molecule has 0 aliphatic carbocycles. The normalized spacial score (nSPS) is 9.30. The van der Waals surface area contributed by atoms with Gasteiger partial charge in [-0.3, -0.25) is 0 Å². The molecular formula is C9H9I. The fourth-order valence-corrected chi connectivity index (χ4v) is 1.25. The van der Waals surface area contributed by atoms with Gasteiger partial charge in [0.1, 0.15) is 0 Å². The molecule has 0 spiro atoms. The third-order valence-corrected chi connectivity index (χ3v) is 2.25. The summed E-state index contributed by atoms with van der Waals surface area (Å²) in [6.07, 6.45) is 1.86. The molecule has 1 heteroatoms. The lowest BCUT2D eigenvalue weighted by atomic mass is 10.2. The Morgan fingerprint density at radius 1 is 1.30 bits per heavy atom. The van der Waals surface area contributed by atoms with Crippen molar-refractivity contribution in [1.29, 1.82) is 0 Å². The van der Waals surface area contributed by atoms with Crippen molar-refractivity contribution in [1.82, 2.24) is 0 Å². The number of hydrogen-bond acceptors (Lipinski definition) is 0. The van der Waals surface area contributed by atoms with Crippen molar-refractivity contribution in [3.8, 4) is 0 Å². The second-order valence-electron chi connectivity index (χ2n) is 2.08. The highest BCUT2D eigenvalue weighted by molar-refractivity contribution is 14.1. The molecule has 1 rings (SSSR count). The van der Waals surface area contributed by atoms with E-state index in [0.717, 1.165) is 4.43 Å². The lowest BCUT2D eigenvalue weighted by Gasteiger charge is -1.94. The highest BCUT2D eigenvalue weighted by Gasteiger charge is 1.87. The van der Waals surface area contributed by atoms with Gasteiger partial charge in [0.05, 0.1) is 0 Å². The first kappa shape index (κ1) is 7.79. The molecule has 0 radical (unpaired) electrons. The zero-order chi connectivity index (χ0) is 7.40. The topological polar surface area (TPSA) is 0 Å². The molecular weight excluding hydrogens is 235 g/mol. The van der Waals surface area contributed by atoms with Gasteiger partial charge >= 0.3 is 0 Å². The van der Waals surface area contributed by atoms with Crippen molar-refractivity contribution in [2.45, 2.75) is 4.43 Å². The Morgan fingerprint density at radius 3 is 2.30 bits per heavy atom. The molecule has 0 aliphatic heterocycles. The van der Waals surface area contributed by atoms with E-state index in [1.165, 1.54) is 11.1 Å². The van der Waals surface area contributed by atoms with Gasteiger partial charge in [-0.15, -0.1) is 0 Å². The molecule has 0 N–H and O–H groups in total. The van der Waals surface area contributed by atoms with E-state index in [0.29, 0.717) is 0 Å². The molecule has 0 atom stereocenters. The van der Waals surface area contributed by atoms with Crippen LogP contribution in [0.15, 0.2) is 30.8 Å².